The minimum absolute atomic E-state index is 0.0921. The maximum atomic E-state index is 2.41. The standard InChI is InChI=1S/C65H59B/c1-39-43(5)63(44(6)40(2)60(39)55-32-26-52(27-33-55)49-20-14-11-15-21-49)66-64-45(7)41(3)61(56-34-28-53(29-35-56)50-22-16-12-17-23-50)47(9)58(64)38-59-48(10)62(42(4)46(8)65(59)66)57-36-30-54(31-37-57)51-24-18-13-19-25-51/h11-37H,38H2,1-10H3. The Bertz CT molecular complexity index is 3080. The van der Waals surface area contributed by atoms with E-state index in [1.165, 1.54) is 150 Å². The largest absolute Gasteiger partial charge is 0.243 e. The lowest BCUT2D eigenvalue weighted by Crippen LogP contribution is -2.61. The molecule has 1 heteroatoms. The summed E-state index contributed by atoms with van der Waals surface area (Å²) in [6, 6.07) is 60.0. The number of fused-ring (bicyclic) bond motifs is 2. The van der Waals surface area contributed by atoms with E-state index in [1.54, 1.807) is 0 Å². The molecule has 9 aromatic rings. The number of rotatable bonds is 7. The van der Waals surface area contributed by atoms with Gasteiger partial charge in [-0.3, -0.25) is 0 Å². The smallest absolute Gasteiger partial charge is 0.0623 e. The lowest BCUT2D eigenvalue weighted by Gasteiger charge is -2.37. The number of hydrogen-bond acceptors (Lipinski definition) is 0. The van der Waals surface area contributed by atoms with E-state index in [0.29, 0.717) is 0 Å². The zero-order valence-corrected chi connectivity index (χ0v) is 40.4. The Morgan fingerprint density at radius 1 is 0.227 bits per heavy atom. The molecule has 0 saturated heterocycles. The second kappa shape index (κ2) is 17.1. The molecule has 0 spiro atoms. The van der Waals surface area contributed by atoms with Crippen molar-refractivity contribution in [3.05, 3.63) is 231 Å². The van der Waals surface area contributed by atoms with Crippen molar-refractivity contribution >= 4 is 23.1 Å². The molecule has 0 nitrogen and oxygen atoms in total. The third-order valence-corrected chi connectivity index (χ3v) is 15.7. The van der Waals surface area contributed by atoms with Crippen LogP contribution in [0.25, 0.3) is 66.8 Å². The van der Waals surface area contributed by atoms with E-state index in [4.69, 9.17) is 0 Å². The van der Waals surface area contributed by atoms with Crippen LogP contribution in [-0.4, -0.2) is 6.71 Å². The van der Waals surface area contributed by atoms with E-state index >= 15 is 0 Å². The molecule has 1 aliphatic heterocycles. The Labute approximate surface area is 394 Å². The first-order valence-corrected chi connectivity index (χ1v) is 23.8. The maximum Gasteiger partial charge on any atom is 0.243 e. The molecule has 0 radical (unpaired) electrons. The van der Waals surface area contributed by atoms with Gasteiger partial charge in [-0.15, -0.1) is 0 Å². The first-order valence-electron chi connectivity index (χ1n) is 23.8. The number of hydrogen-bond donors (Lipinski definition) is 0. The van der Waals surface area contributed by atoms with Crippen LogP contribution in [0.1, 0.15) is 66.8 Å². The highest BCUT2D eigenvalue weighted by molar-refractivity contribution is 6.97. The van der Waals surface area contributed by atoms with E-state index < -0.39 is 0 Å². The molecule has 0 fully saturated rings. The molecule has 0 bridgehead atoms. The fourth-order valence-corrected chi connectivity index (χ4v) is 11.8. The van der Waals surface area contributed by atoms with Crippen molar-refractivity contribution < 1.29 is 0 Å². The highest BCUT2D eigenvalue weighted by atomic mass is 14.3. The van der Waals surface area contributed by atoms with Gasteiger partial charge in [0.15, 0.2) is 0 Å². The molecule has 1 aliphatic rings. The molecule has 0 N–H and O–H groups in total. The van der Waals surface area contributed by atoms with Crippen LogP contribution in [0.2, 0.25) is 0 Å². The van der Waals surface area contributed by atoms with Crippen molar-refractivity contribution in [2.75, 3.05) is 0 Å². The molecular formula is C65H59B. The first kappa shape index (κ1) is 43.0. The Hall–Kier alpha value is -6.96. The van der Waals surface area contributed by atoms with Crippen LogP contribution >= 0.6 is 0 Å². The molecule has 0 saturated carbocycles. The Balaban J connectivity index is 1.18. The number of benzene rings is 9. The quantitative estimate of drug-likeness (QED) is 0.140. The predicted octanol–water partition coefficient (Wildman–Crippen LogP) is 15.2. The zero-order valence-electron chi connectivity index (χ0n) is 40.4. The van der Waals surface area contributed by atoms with Gasteiger partial charge in [-0.25, -0.2) is 0 Å². The molecular weight excluding hydrogens is 792 g/mol. The molecule has 10 rings (SSSR count). The van der Waals surface area contributed by atoms with E-state index in [2.05, 4.69) is 233 Å². The van der Waals surface area contributed by atoms with Crippen LogP contribution in [0.5, 0.6) is 0 Å². The lowest BCUT2D eigenvalue weighted by atomic mass is 9.30. The highest BCUT2D eigenvalue weighted by Gasteiger charge is 2.40. The molecule has 322 valence electrons. The minimum atomic E-state index is 0.0921. The second-order valence-electron chi connectivity index (χ2n) is 19.0. The van der Waals surface area contributed by atoms with Crippen LogP contribution in [0, 0.1) is 69.2 Å². The normalized spacial score (nSPS) is 12.0. The van der Waals surface area contributed by atoms with Crippen LogP contribution in [0.15, 0.2) is 164 Å². The van der Waals surface area contributed by atoms with Crippen molar-refractivity contribution in [3.63, 3.8) is 0 Å². The summed E-state index contributed by atoms with van der Waals surface area (Å²) in [5.41, 5.74) is 36.9. The summed E-state index contributed by atoms with van der Waals surface area (Å²) < 4.78 is 0. The van der Waals surface area contributed by atoms with Crippen LogP contribution in [-0.2, 0) is 6.42 Å². The summed E-state index contributed by atoms with van der Waals surface area (Å²) in [5, 5.41) is 0. The summed E-state index contributed by atoms with van der Waals surface area (Å²) in [4.78, 5) is 0. The summed E-state index contributed by atoms with van der Waals surface area (Å²) in [6.45, 7) is 24.0. The van der Waals surface area contributed by atoms with Gasteiger partial charge in [0, 0.05) is 0 Å². The fraction of sp³-hybridized carbons (Fsp3) is 0.169. The first-order chi connectivity index (χ1) is 31.9. The van der Waals surface area contributed by atoms with Gasteiger partial charge in [0.05, 0.1) is 0 Å². The van der Waals surface area contributed by atoms with Gasteiger partial charge in [-0.05, 0) is 187 Å². The third kappa shape index (κ3) is 7.08. The van der Waals surface area contributed by atoms with Crippen molar-refractivity contribution in [2.24, 2.45) is 0 Å². The molecule has 0 aromatic heterocycles. The summed E-state index contributed by atoms with van der Waals surface area (Å²) >= 11 is 0. The lowest BCUT2D eigenvalue weighted by molar-refractivity contribution is 1.11. The highest BCUT2D eigenvalue weighted by Crippen LogP contribution is 2.40. The van der Waals surface area contributed by atoms with Crippen molar-refractivity contribution in [2.45, 2.75) is 75.7 Å². The zero-order chi connectivity index (χ0) is 46.0. The van der Waals surface area contributed by atoms with Crippen LogP contribution < -0.4 is 16.4 Å². The fourth-order valence-electron chi connectivity index (χ4n) is 11.8. The Morgan fingerprint density at radius 3 is 0.742 bits per heavy atom. The SMILES string of the molecule is Cc1c(C)c(-c2ccc(-c3ccccc3)cc2)c(C)c(C)c1B1c2c(C)c(C)c(-c3ccc(-c4ccccc4)cc3)c(C)c2Cc2c(C)c(-c3ccc(-c4ccccc4)cc3)c(C)c(C)c21. The maximum absolute atomic E-state index is 2.41. The van der Waals surface area contributed by atoms with Crippen LogP contribution in [0.4, 0.5) is 0 Å². The average Bonchev–Trinajstić information content (AvgIpc) is 3.36. The minimum Gasteiger partial charge on any atom is -0.0623 e. The van der Waals surface area contributed by atoms with Gasteiger partial charge < -0.3 is 0 Å². The molecule has 66 heavy (non-hydrogen) atoms. The van der Waals surface area contributed by atoms with E-state index in [1.807, 2.05) is 0 Å². The Morgan fingerprint density at radius 2 is 0.455 bits per heavy atom. The van der Waals surface area contributed by atoms with E-state index in [-0.39, 0.29) is 6.71 Å². The van der Waals surface area contributed by atoms with Gasteiger partial charge >= 0.3 is 0 Å². The summed E-state index contributed by atoms with van der Waals surface area (Å²) in [5.74, 6) is 0. The molecule has 0 amide bonds. The van der Waals surface area contributed by atoms with Gasteiger partial charge in [0.1, 0.15) is 0 Å². The molecule has 0 atom stereocenters. The predicted molar refractivity (Wildman–Crippen MR) is 287 cm³/mol. The molecule has 9 aromatic carbocycles. The van der Waals surface area contributed by atoms with Crippen molar-refractivity contribution in [1.82, 2.24) is 0 Å². The van der Waals surface area contributed by atoms with Gasteiger partial charge in [0.25, 0.3) is 0 Å². The van der Waals surface area contributed by atoms with Gasteiger partial charge in [-0.2, -0.15) is 0 Å². The van der Waals surface area contributed by atoms with E-state index in [9.17, 15) is 0 Å². The van der Waals surface area contributed by atoms with Gasteiger partial charge in [0.2, 0.25) is 6.71 Å². The summed E-state index contributed by atoms with van der Waals surface area (Å²) in [6.07, 6.45) is 0.910. The average molecular weight is 851 g/mol. The second-order valence-corrected chi connectivity index (χ2v) is 19.0. The molecule has 0 unspecified atom stereocenters. The molecule has 1 heterocycles. The monoisotopic (exact) mass is 850 g/mol. The van der Waals surface area contributed by atoms with Crippen molar-refractivity contribution in [3.8, 4) is 66.8 Å². The third-order valence-electron chi connectivity index (χ3n) is 15.7. The van der Waals surface area contributed by atoms with Gasteiger partial charge in [-0.1, -0.05) is 202 Å². The summed E-state index contributed by atoms with van der Waals surface area (Å²) in [7, 11) is 0. The topological polar surface area (TPSA) is 0 Å². The van der Waals surface area contributed by atoms with E-state index in [0.717, 1.165) is 6.42 Å². The van der Waals surface area contributed by atoms with Crippen LogP contribution in [0.3, 0.4) is 0 Å². The van der Waals surface area contributed by atoms with Crippen molar-refractivity contribution in [1.29, 1.82) is 0 Å². The Kier molecular flexibility index (Phi) is 11.1. The molecule has 0 aliphatic carbocycles.